The number of aliphatic hydroxyl groups excluding tert-OH is 1. The monoisotopic (exact) mass is 290 g/mol. The molecule has 2 rings (SSSR count). The Bertz CT molecular complexity index is 593. The molecule has 114 valence electrons. The van der Waals surface area contributed by atoms with Gasteiger partial charge in [-0.25, -0.2) is 0 Å². The first-order chi connectivity index (χ1) is 10.0. The van der Waals surface area contributed by atoms with Crippen molar-refractivity contribution in [1.29, 1.82) is 0 Å². The number of rotatable bonds is 6. The number of ether oxygens (including phenoxy) is 2. The van der Waals surface area contributed by atoms with Gasteiger partial charge in [-0.15, -0.1) is 0 Å². The van der Waals surface area contributed by atoms with Gasteiger partial charge >= 0.3 is 0 Å². The molecule has 1 aromatic carbocycles. The summed E-state index contributed by atoms with van der Waals surface area (Å²) in [4.78, 5) is 0. The third-order valence-electron chi connectivity index (χ3n) is 3.39. The first kappa shape index (κ1) is 15.4. The average molecular weight is 290 g/mol. The Morgan fingerprint density at radius 3 is 2.52 bits per heavy atom. The Labute approximate surface area is 125 Å². The van der Waals surface area contributed by atoms with Crippen LogP contribution >= 0.6 is 0 Å². The lowest BCUT2D eigenvalue weighted by molar-refractivity contribution is 0.172. The van der Waals surface area contributed by atoms with E-state index >= 15 is 0 Å². The summed E-state index contributed by atoms with van der Waals surface area (Å²) < 4.78 is 12.4. The predicted octanol–water partition coefficient (Wildman–Crippen LogP) is 2.76. The molecule has 1 heterocycles. The first-order valence-electron chi connectivity index (χ1n) is 6.99. The number of aromatic nitrogens is 2. The fraction of sp³-hybridized carbons (Fsp3) is 0.438. The molecular formula is C16H22N2O3. The number of aliphatic hydroxyl groups is 1. The second kappa shape index (κ2) is 6.63. The standard InChI is InChI=1S/C16H22N2O3/c1-11(2)18-8-7-12(17-18)9-15(19)14-6-5-13(20-3)10-16(14)21-4/h5-8,10-11,15,19H,9H2,1-4H3. The van der Waals surface area contributed by atoms with Gasteiger partial charge < -0.3 is 14.6 Å². The molecule has 0 spiro atoms. The molecule has 5 nitrogen and oxygen atoms in total. The molecule has 0 fully saturated rings. The molecule has 0 radical (unpaired) electrons. The molecule has 0 aliphatic rings. The fourth-order valence-corrected chi connectivity index (χ4v) is 2.18. The molecule has 0 saturated carbocycles. The van der Waals surface area contributed by atoms with Crippen LogP contribution in [0.3, 0.4) is 0 Å². The highest BCUT2D eigenvalue weighted by Crippen LogP contribution is 2.31. The van der Waals surface area contributed by atoms with Crippen molar-refractivity contribution in [2.24, 2.45) is 0 Å². The minimum absolute atomic E-state index is 0.311. The van der Waals surface area contributed by atoms with Crippen molar-refractivity contribution in [2.45, 2.75) is 32.4 Å². The molecule has 1 unspecified atom stereocenters. The van der Waals surface area contributed by atoms with E-state index in [0.717, 1.165) is 11.3 Å². The van der Waals surface area contributed by atoms with Gasteiger partial charge in [0.25, 0.3) is 0 Å². The fourth-order valence-electron chi connectivity index (χ4n) is 2.18. The Kier molecular flexibility index (Phi) is 4.85. The third kappa shape index (κ3) is 3.55. The van der Waals surface area contributed by atoms with Crippen LogP contribution in [0.25, 0.3) is 0 Å². The van der Waals surface area contributed by atoms with E-state index < -0.39 is 6.10 Å². The molecule has 21 heavy (non-hydrogen) atoms. The summed E-state index contributed by atoms with van der Waals surface area (Å²) in [6.07, 6.45) is 1.71. The van der Waals surface area contributed by atoms with Crippen LogP contribution in [0.2, 0.25) is 0 Å². The maximum atomic E-state index is 10.4. The maximum absolute atomic E-state index is 10.4. The molecule has 0 amide bonds. The molecule has 1 N–H and O–H groups in total. The van der Waals surface area contributed by atoms with Crippen molar-refractivity contribution < 1.29 is 14.6 Å². The van der Waals surface area contributed by atoms with Gasteiger partial charge in [0, 0.05) is 30.3 Å². The van der Waals surface area contributed by atoms with Crippen molar-refractivity contribution in [1.82, 2.24) is 9.78 Å². The van der Waals surface area contributed by atoms with Crippen LogP contribution in [0.4, 0.5) is 0 Å². The summed E-state index contributed by atoms with van der Waals surface area (Å²) in [5, 5.41) is 14.9. The van der Waals surface area contributed by atoms with E-state index in [2.05, 4.69) is 18.9 Å². The van der Waals surface area contributed by atoms with Crippen molar-refractivity contribution in [3.05, 3.63) is 41.7 Å². The number of methoxy groups -OCH3 is 2. The molecule has 1 atom stereocenters. The topological polar surface area (TPSA) is 56.5 Å². The zero-order valence-corrected chi connectivity index (χ0v) is 12.9. The van der Waals surface area contributed by atoms with E-state index in [4.69, 9.17) is 9.47 Å². The highest BCUT2D eigenvalue weighted by molar-refractivity contribution is 5.42. The number of nitrogens with zero attached hydrogens (tertiary/aromatic N) is 2. The van der Waals surface area contributed by atoms with Gasteiger partial charge in [0.05, 0.1) is 26.0 Å². The maximum Gasteiger partial charge on any atom is 0.128 e. The first-order valence-corrected chi connectivity index (χ1v) is 6.99. The van der Waals surface area contributed by atoms with Crippen LogP contribution in [-0.2, 0) is 6.42 Å². The van der Waals surface area contributed by atoms with Gasteiger partial charge in [-0.2, -0.15) is 5.10 Å². The van der Waals surface area contributed by atoms with Crippen molar-refractivity contribution in [3.63, 3.8) is 0 Å². The van der Waals surface area contributed by atoms with Gasteiger partial charge in [-0.1, -0.05) is 0 Å². The minimum Gasteiger partial charge on any atom is -0.497 e. The number of hydrogen-bond donors (Lipinski definition) is 1. The van der Waals surface area contributed by atoms with Crippen LogP contribution in [0.5, 0.6) is 11.5 Å². The second-order valence-electron chi connectivity index (χ2n) is 5.21. The Balaban J connectivity index is 2.17. The van der Waals surface area contributed by atoms with Gasteiger partial charge in [-0.3, -0.25) is 4.68 Å². The van der Waals surface area contributed by atoms with E-state index in [9.17, 15) is 5.11 Å². The number of benzene rings is 1. The molecule has 2 aromatic rings. The molecule has 0 saturated heterocycles. The van der Waals surface area contributed by atoms with E-state index in [1.54, 1.807) is 20.3 Å². The summed E-state index contributed by atoms with van der Waals surface area (Å²) in [7, 11) is 3.18. The number of hydrogen-bond acceptors (Lipinski definition) is 4. The lowest BCUT2D eigenvalue weighted by atomic mass is 10.0. The van der Waals surface area contributed by atoms with Crippen LogP contribution in [0.15, 0.2) is 30.5 Å². The van der Waals surface area contributed by atoms with Gasteiger partial charge in [0.15, 0.2) is 0 Å². The summed E-state index contributed by atoms with van der Waals surface area (Å²) in [5.41, 5.74) is 1.59. The molecule has 5 heteroatoms. The lowest BCUT2D eigenvalue weighted by Gasteiger charge is -2.15. The lowest BCUT2D eigenvalue weighted by Crippen LogP contribution is -2.07. The summed E-state index contributed by atoms with van der Waals surface area (Å²) in [6.45, 7) is 4.14. The van der Waals surface area contributed by atoms with Gasteiger partial charge in [-0.05, 0) is 32.0 Å². The summed E-state index contributed by atoms with van der Waals surface area (Å²) in [5.74, 6) is 1.32. The third-order valence-corrected chi connectivity index (χ3v) is 3.39. The quantitative estimate of drug-likeness (QED) is 0.888. The predicted molar refractivity (Wildman–Crippen MR) is 80.8 cm³/mol. The molecule has 1 aromatic heterocycles. The van der Waals surface area contributed by atoms with E-state index in [1.165, 1.54) is 0 Å². The highest BCUT2D eigenvalue weighted by Gasteiger charge is 2.16. The van der Waals surface area contributed by atoms with Crippen molar-refractivity contribution in [3.8, 4) is 11.5 Å². The molecule has 0 aliphatic carbocycles. The van der Waals surface area contributed by atoms with E-state index in [1.807, 2.05) is 29.1 Å². The Morgan fingerprint density at radius 2 is 1.95 bits per heavy atom. The largest absolute Gasteiger partial charge is 0.497 e. The molecule has 0 aliphatic heterocycles. The van der Waals surface area contributed by atoms with Crippen LogP contribution in [0, 0.1) is 0 Å². The van der Waals surface area contributed by atoms with Crippen LogP contribution < -0.4 is 9.47 Å². The highest BCUT2D eigenvalue weighted by atomic mass is 16.5. The zero-order valence-electron chi connectivity index (χ0n) is 12.9. The van der Waals surface area contributed by atoms with Gasteiger partial charge in [0.2, 0.25) is 0 Å². The smallest absolute Gasteiger partial charge is 0.128 e. The average Bonchev–Trinajstić information content (AvgIpc) is 2.95. The van der Waals surface area contributed by atoms with Crippen molar-refractivity contribution in [2.75, 3.05) is 14.2 Å². The van der Waals surface area contributed by atoms with E-state index in [0.29, 0.717) is 24.0 Å². The SMILES string of the molecule is COc1ccc(C(O)Cc2ccn(C(C)C)n2)c(OC)c1. The normalized spacial score (nSPS) is 12.5. The summed E-state index contributed by atoms with van der Waals surface area (Å²) >= 11 is 0. The van der Waals surface area contributed by atoms with Gasteiger partial charge in [0.1, 0.15) is 11.5 Å². The molecule has 0 bridgehead atoms. The van der Waals surface area contributed by atoms with Crippen LogP contribution in [-0.4, -0.2) is 29.1 Å². The van der Waals surface area contributed by atoms with Crippen LogP contribution in [0.1, 0.15) is 37.3 Å². The second-order valence-corrected chi connectivity index (χ2v) is 5.21. The Hall–Kier alpha value is -2.01. The zero-order chi connectivity index (χ0) is 15.4. The van der Waals surface area contributed by atoms with E-state index in [-0.39, 0.29) is 0 Å². The Morgan fingerprint density at radius 1 is 1.19 bits per heavy atom. The van der Waals surface area contributed by atoms with Crippen molar-refractivity contribution >= 4 is 0 Å². The minimum atomic E-state index is -0.665. The summed E-state index contributed by atoms with van der Waals surface area (Å²) in [6, 6.07) is 7.64. The molecular weight excluding hydrogens is 268 g/mol.